The second-order valence-electron chi connectivity index (χ2n) is 11.2. The van der Waals surface area contributed by atoms with Gasteiger partial charge in [-0.1, -0.05) is 83.4 Å². The average molecular weight is 670 g/mol. The van der Waals surface area contributed by atoms with Gasteiger partial charge in [-0.3, -0.25) is 10.1 Å². The molecular formula is C35H47N3O8S. The molecule has 2 N–H and O–H groups in total. The average Bonchev–Trinajstić information content (AvgIpc) is 3.07. The van der Waals surface area contributed by atoms with Crippen LogP contribution < -0.4 is 14.8 Å². The van der Waals surface area contributed by atoms with Crippen LogP contribution in [0.2, 0.25) is 0 Å². The van der Waals surface area contributed by atoms with E-state index in [1.807, 2.05) is 13.0 Å². The van der Waals surface area contributed by atoms with Crippen molar-refractivity contribution in [3.63, 3.8) is 0 Å². The van der Waals surface area contributed by atoms with Crippen LogP contribution in [0, 0.1) is 10.1 Å². The number of para-hydroxylation sites is 1. The van der Waals surface area contributed by atoms with Crippen molar-refractivity contribution in [1.82, 2.24) is 4.72 Å². The van der Waals surface area contributed by atoms with Gasteiger partial charge in [0.25, 0.3) is 5.69 Å². The number of esters is 1. The molecule has 0 aromatic heterocycles. The van der Waals surface area contributed by atoms with Crippen LogP contribution in [0.25, 0.3) is 0 Å². The predicted octanol–water partition coefficient (Wildman–Crippen LogP) is 8.35. The quantitative estimate of drug-likeness (QED) is 0.0334. The van der Waals surface area contributed by atoms with Crippen molar-refractivity contribution in [2.24, 2.45) is 0 Å². The summed E-state index contributed by atoms with van der Waals surface area (Å²) in [5, 5.41) is 14.2. The van der Waals surface area contributed by atoms with Crippen LogP contribution in [0.3, 0.4) is 0 Å². The summed E-state index contributed by atoms with van der Waals surface area (Å²) in [6.07, 6.45) is 10.8. The van der Waals surface area contributed by atoms with Gasteiger partial charge in [0.05, 0.1) is 16.2 Å². The van der Waals surface area contributed by atoms with Crippen molar-refractivity contribution in [2.45, 2.75) is 89.6 Å². The Morgan fingerprint density at radius 3 is 2.17 bits per heavy atom. The molecule has 0 fully saturated rings. The van der Waals surface area contributed by atoms with E-state index >= 15 is 0 Å². The van der Waals surface area contributed by atoms with Crippen LogP contribution in [0.5, 0.6) is 11.5 Å². The molecule has 0 atom stereocenters. The van der Waals surface area contributed by atoms with Gasteiger partial charge in [0.15, 0.2) is 5.75 Å². The zero-order valence-corrected chi connectivity index (χ0v) is 28.2. The lowest BCUT2D eigenvalue weighted by Crippen LogP contribution is -2.27. The minimum atomic E-state index is -4.22. The number of nitrogens with zero attached hydrogens (tertiary/aromatic N) is 1. The lowest BCUT2D eigenvalue weighted by molar-refractivity contribution is -0.384. The molecule has 0 aliphatic carbocycles. The molecule has 0 unspecified atom stereocenters. The van der Waals surface area contributed by atoms with Crippen LogP contribution in [-0.2, 0) is 26.1 Å². The number of hydrogen-bond acceptors (Lipinski definition) is 9. The number of rotatable bonds is 23. The van der Waals surface area contributed by atoms with Gasteiger partial charge < -0.3 is 19.5 Å². The van der Waals surface area contributed by atoms with Gasteiger partial charge in [0.2, 0.25) is 10.0 Å². The van der Waals surface area contributed by atoms with E-state index in [2.05, 4.69) is 17.0 Å². The third-order valence-electron chi connectivity index (χ3n) is 7.40. The maximum atomic E-state index is 13.7. The Bertz CT molecular complexity index is 1500. The Hall–Kier alpha value is -4.00. The van der Waals surface area contributed by atoms with Crippen LogP contribution in [0.1, 0.15) is 94.0 Å². The molecule has 3 aromatic carbocycles. The highest BCUT2D eigenvalue weighted by atomic mass is 32.2. The summed E-state index contributed by atoms with van der Waals surface area (Å²) in [5.41, 5.74) is 0.761. The zero-order chi connectivity index (χ0) is 33.9. The number of non-ortho nitro benzene ring substituents is 1. The smallest absolute Gasteiger partial charge is 0.338 e. The van der Waals surface area contributed by atoms with Crippen LogP contribution >= 0.6 is 0 Å². The standard InChI is InChI=1S/C35H47N3O8S/c1-3-5-7-8-9-10-11-15-23-44-27-37-47(42,43)33-25-29(35(39)45-26-28-18-20-30(21-19-28)38(40)41)24-32(36-22-6-4-2)34(33)46-31-16-13-12-14-17-31/h12-14,16-21,24-25,36-37H,3-11,15,22-23,26-27H2,1-2H3. The zero-order valence-electron chi connectivity index (χ0n) is 27.4. The molecule has 0 radical (unpaired) electrons. The molecule has 12 heteroatoms. The first-order chi connectivity index (χ1) is 22.7. The molecule has 0 heterocycles. The van der Waals surface area contributed by atoms with Gasteiger partial charge in [-0.15, -0.1) is 0 Å². The predicted molar refractivity (Wildman–Crippen MR) is 182 cm³/mol. The van der Waals surface area contributed by atoms with Gasteiger partial charge in [0, 0.05) is 25.3 Å². The fourth-order valence-electron chi connectivity index (χ4n) is 4.72. The highest BCUT2D eigenvalue weighted by Crippen LogP contribution is 2.38. The Labute approximate surface area is 278 Å². The summed E-state index contributed by atoms with van der Waals surface area (Å²) in [6, 6.07) is 17.1. The lowest BCUT2D eigenvalue weighted by Gasteiger charge is -2.19. The van der Waals surface area contributed by atoms with Gasteiger partial charge in [0.1, 0.15) is 24.0 Å². The molecule has 0 aliphatic rings. The van der Waals surface area contributed by atoms with Gasteiger partial charge in [-0.25, -0.2) is 13.2 Å². The second-order valence-corrected chi connectivity index (χ2v) is 13.0. The largest absolute Gasteiger partial charge is 0.457 e. The Morgan fingerprint density at radius 2 is 1.51 bits per heavy atom. The minimum Gasteiger partial charge on any atom is -0.457 e. The number of unbranched alkanes of at least 4 members (excludes halogenated alkanes) is 8. The maximum absolute atomic E-state index is 13.7. The van der Waals surface area contributed by atoms with Crippen LogP contribution in [0.15, 0.2) is 71.6 Å². The number of nitrogens with one attached hydrogen (secondary N) is 2. The number of anilines is 1. The summed E-state index contributed by atoms with van der Waals surface area (Å²) in [6.45, 7) is 4.76. The molecule has 0 bridgehead atoms. The molecule has 0 amide bonds. The third-order valence-corrected chi connectivity index (χ3v) is 8.78. The first-order valence-electron chi connectivity index (χ1n) is 16.4. The highest BCUT2D eigenvalue weighted by molar-refractivity contribution is 7.89. The van der Waals surface area contributed by atoms with Crippen molar-refractivity contribution >= 4 is 27.4 Å². The van der Waals surface area contributed by atoms with E-state index in [1.165, 1.54) is 68.5 Å². The van der Waals surface area contributed by atoms with Gasteiger partial charge in [-0.05, 0) is 54.8 Å². The van der Waals surface area contributed by atoms with Gasteiger partial charge >= 0.3 is 5.97 Å². The van der Waals surface area contributed by atoms with Gasteiger partial charge in [-0.2, -0.15) is 4.72 Å². The van der Waals surface area contributed by atoms with Crippen molar-refractivity contribution < 1.29 is 32.3 Å². The molecule has 47 heavy (non-hydrogen) atoms. The first kappa shape index (κ1) is 37.5. The summed E-state index contributed by atoms with van der Waals surface area (Å²) in [4.78, 5) is 23.4. The molecule has 0 aliphatic heterocycles. The number of nitro benzene ring substituents is 1. The van der Waals surface area contributed by atoms with E-state index in [4.69, 9.17) is 14.2 Å². The van der Waals surface area contributed by atoms with Crippen molar-refractivity contribution in [3.8, 4) is 11.5 Å². The molecule has 3 rings (SSSR count). The number of hydrogen-bond donors (Lipinski definition) is 2. The fourth-order valence-corrected chi connectivity index (χ4v) is 5.79. The first-order valence-corrected chi connectivity index (χ1v) is 17.9. The SMILES string of the molecule is CCCCCCCCCCOCNS(=O)(=O)c1cc(C(=O)OCc2ccc([N+](=O)[O-])cc2)cc(NCCCC)c1Oc1ccccc1. The van der Waals surface area contributed by atoms with E-state index in [0.717, 1.165) is 32.1 Å². The van der Waals surface area contributed by atoms with Crippen molar-refractivity contribution in [3.05, 3.63) is 88.0 Å². The molecule has 0 saturated heterocycles. The number of carbonyl (C=O) groups excluding carboxylic acids is 1. The number of benzene rings is 3. The summed E-state index contributed by atoms with van der Waals surface area (Å²) < 4.78 is 47.2. The normalized spacial score (nSPS) is 11.3. The monoisotopic (exact) mass is 669 g/mol. The topological polar surface area (TPSA) is 146 Å². The van der Waals surface area contributed by atoms with E-state index in [-0.39, 0.29) is 35.2 Å². The lowest BCUT2D eigenvalue weighted by atomic mass is 10.1. The molecular weight excluding hydrogens is 622 g/mol. The van der Waals surface area contributed by atoms with E-state index < -0.39 is 20.9 Å². The second kappa shape index (κ2) is 20.3. The summed E-state index contributed by atoms with van der Waals surface area (Å²) in [5.74, 6) is -0.313. The number of carbonyl (C=O) groups is 1. The Kier molecular flexibility index (Phi) is 16.2. The molecule has 256 valence electrons. The number of ether oxygens (including phenoxy) is 3. The molecule has 11 nitrogen and oxygen atoms in total. The highest BCUT2D eigenvalue weighted by Gasteiger charge is 2.27. The fraction of sp³-hybridized carbons (Fsp3) is 0.457. The minimum absolute atomic E-state index is 0.00782. The van der Waals surface area contributed by atoms with E-state index in [1.54, 1.807) is 24.3 Å². The maximum Gasteiger partial charge on any atom is 0.338 e. The third kappa shape index (κ3) is 13.0. The molecule has 0 saturated carbocycles. The Balaban J connectivity index is 1.79. The number of nitro groups is 1. The van der Waals surface area contributed by atoms with Crippen molar-refractivity contribution in [2.75, 3.05) is 25.2 Å². The molecule has 0 spiro atoms. The Morgan fingerprint density at radius 1 is 0.851 bits per heavy atom. The van der Waals surface area contributed by atoms with Crippen LogP contribution in [-0.4, -0.2) is 39.2 Å². The van der Waals surface area contributed by atoms with E-state index in [0.29, 0.717) is 30.2 Å². The summed E-state index contributed by atoms with van der Waals surface area (Å²) in [7, 11) is -4.22. The summed E-state index contributed by atoms with van der Waals surface area (Å²) >= 11 is 0. The van der Waals surface area contributed by atoms with Crippen LogP contribution in [0.4, 0.5) is 11.4 Å². The molecule has 3 aromatic rings. The number of sulfonamides is 1. The van der Waals surface area contributed by atoms with E-state index in [9.17, 15) is 23.3 Å². The van der Waals surface area contributed by atoms with Crippen molar-refractivity contribution in [1.29, 1.82) is 0 Å².